The average Bonchev–Trinajstić information content (AvgIpc) is 3.41. The first-order valence-electron chi connectivity index (χ1n) is 11.4. The third-order valence-electron chi connectivity index (χ3n) is 6.46. The Bertz CT molecular complexity index is 1170. The van der Waals surface area contributed by atoms with Crippen LogP contribution in [0.2, 0.25) is 5.02 Å². The number of phenols is 1. The number of hydrogen-bond donors (Lipinski definition) is 4. The molecule has 4 N–H and O–H groups in total. The van der Waals surface area contributed by atoms with Gasteiger partial charge in [-0.15, -0.1) is 0 Å². The minimum Gasteiger partial charge on any atom is -0.504 e. The van der Waals surface area contributed by atoms with Gasteiger partial charge in [-0.2, -0.15) is 13.2 Å². The van der Waals surface area contributed by atoms with Crippen molar-refractivity contribution >= 4 is 50.7 Å². The number of rotatable bonds is 5. The highest BCUT2D eigenvalue weighted by atomic mass is 35.5. The van der Waals surface area contributed by atoms with E-state index in [2.05, 4.69) is 15.5 Å². The second kappa shape index (κ2) is 11.7. The number of amides is 2. The average molecular weight is 588 g/mol. The lowest BCUT2D eigenvalue weighted by atomic mass is 9.91. The molecule has 37 heavy (non-hydrogen) atoms. The summed E-state index contributed by atoms with van der Waals surface area (Å²) in [5.41, 5.74) is -0.0102. The molecule has 0 bridgehead atoms. The van der Waals surface area contributed by atoms with Gasteiger partial charge in [-0.3, -0.25) is 0 Å². The van der Waals surface area contributed by atoms with Gasteiger partial charge >= 0.3 is 18.2 Å². The SMILES string of the molecule is O=C(Nc1ccc(Cl)c(S(=O)(=O)C2CC(N3CCCC3)C2)c1O)N[C@@H]1CCC=C1Cl.O=C(O)C(F)(F)F. The summed E-state index contributed by atoms with van der Waals surface area (Å²) in [7, 11) is -3.83. The molecule has 0 spiro atoms. The van der Waals surface area contributed by atoms with E-state index in [1.54, 1.807) is 0 Å². The lowest BCUT2D eigenvalue weighted by Gasteiger charge is -2.40. The molecule has 1 heterocycles. The van der Waals surface area contributed by atoms with Crippen molar-refractivity contribution in [2.45, 2.75) is 66.9 Å². The molecule has 0 radical (unpaired) electrons. The fraction of sp³-hybridized carbons (Fsp3) is 0.545. The fourth-order valence-electron chi connectivity index (χ4n) is 4.41. The molecule has 1 saturated heterocycles. The van der Waals surface area contributed by atoms with Gasteiger partial charge in [-0.25, -0.2) is 18.0 Å². The van der Waals surface area contributed by atoms with Gasteiger partial charge in [0.25, 0.3) is 0 Å². The molecule has 2 fully saturated rings. The molecule has 2 aliphatic carbocycles. The van der Waals surface area contributed by atoms with Crippen LogP contribution in [0, 0.1) is 0 Å². The van der Waals surface area contributed by atoms with Crippen LogP contribution < -0.4 is 10.6 Å². The molecular formula is C22H26Cl2F3N3O6S. The molecule has 3 aliphatic rings. The highest BCUT2D eigenvalue weighted by Crippen LogP contribution is 2.43. The number of allylic oxidation sites excluding steroid dienone is 1. The first kappa shape index (κ1) is 29.3. The molecular weight excluding hydrogens is 562 g/mol. The van der Waals surface area contributed by atoms with Crippen molar-refractivity contribution in [2.75, 3.05) is 18.4 Å². The number of nitrogens with zero attached hydrogens (tertiary/aromatic N) is 1. The Morgan fingerprint density at radius 1 is 1.11 bits per heavy atom. The third-order valence-corrected chi connectivity index (χ3v) is 9.55. The summed E-state index contributed by atoms with van der Waals surface area (Å²) in [6, 6.07) is 2.16. The number of carboxylic acid groups (broad SMARTS) is 1. The van der Waals surface area contributed by atoms with Crippen LogP contribution in [0.25, 0.3) is 0 Å². The quantitative estimate of drug-likeness (QED) is 0.373. The van der Waals surface area contributed by atoms with Crippen LogP contribution in [0.15, 0.2) is 28.1 Å². The van der Waals surface area contributed by atoms with Gasteiger partial charge in [0.05, 0.1) is 22.0 Å². The van der Waals surface area contributed by atoms with E-state index in [-0.39, 0.29) is 27.7 Å². The number of anilines is 1. The van der Waals surface area contributed by atoms with E-state index in [9.17, 15) is 31.5 Å². The molecule has 1 atom stereocenters. The maximum Gasteiger partial charge on any atom is 0.490 e. The van der Waals surface area contributed by atoms with Gasteiger partial charge in [0, 0.05) is 11.1 Å². The van der Waals surface area contributed by atoms with Gasteiger partial charge in [0.1, 0.15) is 4.90 Å². The van der Waals surface area contributed by atoms with E-state index in [1.807, 2.05) is 6.08 Å². The molecule has 1 aliphatic heterocycles. The Kier molecular flexibility index (Phi) is 9.25. The second-order valence-corrected chi connectivity index (χ2v) is 11.9. The van der Waals surface area contributed by atoms with Crippen LogP contribution in [-0.4, -0.2) is 72.1 Å². The maximum absolute atomic E-state index is 13.2. The summed E-state index contributed by atoms with van der Waals surface area (Å²) in [4.78, 5) is 23.2. The van der Waals surface area contributed by atoms with Gasteiger partial charge < -0.3 is 25.7 Å². The van der Waals surface area contributed by atoms with Crippen molar-refractivity contribution < 1.29 is 41.4 Å². The molecule has 1 saturated carbocycles. The van der Waals surface area contributed by atoms with Gasteiger partial charge in [0.2, 0.25) is 0 Å². The zero-order valence-electron chi connectivity index (χ0n) is 19.4. The van der Waals surface area contributed by atoms with E-state index in [4.69, 9.17) is 33.1 Å². The topological polar surface area (TPSA) is 136 Å². The van der Waals surface area contributed by atoms with E-state index in [1.165, 1.54) is 12.1 Å². The largest absolute Gasteiger partial charge is 0.504 e. The lowest BCUT2D eigenvalue weighted by molar-refractivity contribution is -0.192. The number of urea groups is 1. The van der Waals surface area contributed by atoms with Crippen molar-refractivity contribution in [3.05, 3.63) is 28.3 Å². The number of likely N-dealkylation sites (tertiary alicyclic amines) is 1. The highest BCUT2D eigenvalue weighted by molar-refractivity contribution is 7.92. The number of carbonyl (C=O) groups excluding carboxylic acids is 1. The van der Waals surface area contributed by atoms with Crippen molar-refractivity contribution in [3.8, 4) is 5.75 Å². The molecule has 1 aromatic carbocycles. The Morgan fingerprint density at radius 3 is 2.22 bits per heavy atom. The molecule has 1 aromatic rings. The minimum absolute atomic E-state index is 0.0102. The number of alkyl halides is 3. The van der Waals surface area contributed by atoms with E-state index >= 15 is 0 Å². The third kappa shape index (κ3) is 7.01. The Hall–Kier alpha value is -2.22. The minimum atomic E-state index is -5.08. The molecule has 0 aromatic heterocycles. The molecule has 2 amide bonds. The number of halogens is 5. The number of aliphatic carboxylic acids is 1. The van der Waals surface area contributed by atoms with Crippen molar-refractivity contribution in [1.82, 2.24) is 10.2 Å². The first-order valence-corrected chi connectivity index (χ1v) is 13.7. The molecule has 15 heteroatoms. The summed E-state index contributed by atoms with van der Waals surface area (Å²) in [6.45, 7) is 2.02. The predicted molar refractivity (Wildman–Crippen MR) is 131 cm³/mol. The Morgan fingerprint density at radius 2 is 1.70 bits per heavy atom. The molecule has 4 rings (SSSR count). The molecule has 0 unspecified atom stereocenters. The normalized spacial score (nSPS) is 23.9. The second-order valence-electron chi connectivity index (χ2n) is 8.93. The summed E-state index contributed by atoms with van der Waals surface area (Å²) in [5, 5.41) is 22.9. The van der Waals surface area contributed by atoms with Crippen LogP contribution in [-0.2, 0) is 14.6 Å². The number of carbonyl (C=O) groups is 2. The summed E-state index contributed by atoms with van der Waals surface area (Å²) < 4.78 is 58.1. The lowest BCUT2D eigenvalue weighted by Crippen LogP contribution is -2.48. The smallest absolute Gasteiger partial charge is 0.490 e. The fourth-order valence-corrected chi connectivity index (χ4v) is 7.16. The van der Waals surface area contributed by atoms with Crippen LogP contribution in [0.3, 0.4) is 0 Å². The van der Waals surface area contributed by atoms with Crippen molar-refractivity contribution in [1.29, 1.82) is 0 Å². The number of aromatic hydroxyl groups is 1. The highest BCUT2D eigenvalue weighted by Gasteiger charge is 2.44. The first-order chi connectivity index (χ1) is 17.2. The zero-order valence-corrected chi connectivity index (χ0v) is 21.7. The van der Waals surface area contributed by atoms with Crippen LogP contribution in [0.1, 0.15) is 38.5 Å². The molecule has 9 nitrogen and oxygen atoms in total. The summed E-state index contributed by atoms with van der Waals surface area (Å²) in [5.74, 6) is -3.29. The number of sulfone groups is 1. The zero-order chi connectivity index (χ0) is 27.5. The number of benzene rings is 1. The van der Waals surface area contributed by atoms with Gasteiger partial charge in [-0.05, 0) is 63.7 Å². The Balaban J connectivity index is 0.000000479. The van der Waals surface area contributed by atoms with Gasteiger partial charge in [-0.1, -0.05) is 29.3 Å². The van der Waals surface area contributed by atoms with E-state index in [0.717, 1.165) is 32.4 Å². The van der Waals surface area contributed by atoms with Crippen molar-refractivity contribution in [2.24, 2.45) is 0 Å². The number of phenolic OH excluding ortho intramolecular Hbond substituents is 1. The van der Waals surface area contributed by atoms with Crippen LogP contribution >= 0.6 is 23.2 Å². The number of hydrogen-bond acceptors (Lipinski definition) is 6. The molecule has 206 valence electrons. The van der Waals surface area contributed by atoms with Crippen LogP contribution in [0.4, 0.5) is 23.7 Å². The van der Waals surface area contributed by atoms with E-state index in [0.29, 0.717) is 24.3 Å². The van der Waals surface area contributed by atoms with Crippen LogP contribution in [0.5, 0.6) is 5.75 Å². The van der Waals surface area contributed by atoms with Gasteiger partial charge in [0.15, 0.2) is 15.6 Å². The summed E-state index contributed by atoms with van der Waals surface area (Å²) in [6.07, 6.45) is 1.59. The summed E-state index contributed by atoms with van der Waals surface area (Å²) >= 11 is 12.2. The monoisotopic (exact) mass is 587 g/mol. The maximum atomic E-state index is 13.2. The van der Waals surface area contributed by atoms with E-state index < -0.39 is 39.0 Å². The number of nitrogens with one attached hydrogen (secondary N) is 2. The predicted octanol–water partition coefficient (Wildman–Crippen LogP) is 4.49. The standard InChI is InChI=1S/C20H25Cl2N3O4S.C2HF3O2/c21-14-4-3-5-16(14)23-20(27)24-17-7-6-15(22)19(18(17)26)30(28,29)13-10-12(11-13)25-8-1-2-9-25;3-2(4,5)1(6)7/h4,6-7,12-13,16,26H,1-3,5,8-11H2,(H2,23,24,27);(H,6,7)/t12?,13?,16-;/m1./s1. The Labute approximate surface area is 221 Å². The number of carboxylic acids is 1. The van der Waals surface area contributed by atoms with Crippen molar-refractivity contribution in [3.63, 3.8) is 0 Å².